The molecule has 186 valence electrons. The van der Waals surface area contributed by atoms with Gasteiger partial charge in [-0.05, 0) is 58.2 Å². The zero-order chi connectivity index (χ0) is 24.6. The lowest BCUT2D eigenvalue weighted by atomic mass is 9.95. The Hall–Kier alpha value is -2.17. The molecule has 0 saturated carbocycles. The average molecular weight is 513 g/mol. The van der Waals surface area contributed by atoms with Crippen molar-refractivity contribution >= 4 is 34.2 Å². The summed E-state index contributed by atoms with van der Waals surface area (Å²) in [6.07, 6.45) is 0.238. The molecule has 2 saturated heterocycles. The highest BCUT2D eigenvalue weighted by molar-refractivity contribution is 7.18. The largest absolute Gasteiger partial charge is 0.467 e. The molecule has 0 N–H and O–H groups in total. The number of carbonyl (C=O) groups excluding carboxylic acids is 1. The van der Waals surface area contributed by atoms with E-state index in [4.69, 9.17) is 25.8 Å². The zero-order valence-electron chi connectivity index (χ0n) is 20.0. The summed E-state index contributed by atoms with van der Waals surface area (Å²) < 4.78 is 31.9. The van der Waals surface area contributed by atoms with Crippen molar-refractivity contribution in [1.29, 1.82) is 0 Å². The van der Waals surface area contributed by atoms with Gasteiger partial charge in [-0.15, -0.1) is 10.2 Å². The van der Waals surface area contributed by atoms with E-state index >= 15 is 4.39 Å². The van der Waals surface area contributed by atoms with Crippen LogP contribution in [0, 0.1) is 0 Å². The summed E-state index contributed by atoms with van der Waals surface area (Å²) in [6, 6.07) is 4.29. The number of hydrogen-bond acceptors (Lipinski definition) is 8. The molecule has 2 aliphatic rings. The normalized spacial score (nSPS) is 24.3. The van der Waals surface area contributed by atoms with Crippen LogP contribution >= 0.6 is 22.9 Å². The molecule has 0 aliphatic carbocycles. The van der Waals surface area contributed by atoms with Crippen LogP contribution in [0.25, 0.3) is 10.6 Å². The molecule has 1 aromatic heterocycles. The Morgan fingerprint density at radius 1 is 1.32 bits per heavy atom. The molecule has 3 heterocycles. The highest BCUT2D eigenvalue weighted by Crippen LogP contribution is 2.42. The van der Waals surface area contributed by atoms with Gasteiger partial charge in [0.05, 0.1) is 17.6 Å². The van der Waals surface area contributed by atoms with Gasteiger partial charge in [-0.1, -0.05) is 22.9 Å². The van der Waals surface area contributed by atoms with E-state index < -0.39 is 29.9 Å². The van der Waals surface area contributed by atoms with E-state index in [1.807, 2.05) is 38.8 Å². The van der Waals surface area contributed by atoms with Crippen molar-refractivity contribution in [3.63, 3.8) is 0 Å². The number of piperidine rings is 1. The van der Waals surface area contributed by atoms with Crippen LogP contribution in [-0.2, 0) is 9.47 Å². The monoisotopic (exact) mass is 512 g/mol. The molecule has 1 amide bonds. The highest BCUT2D eigenvalue weighted by atomic mass is 35.5. The molecule has 2 fully saturated rings. The van der Waals surface area contributed by atoms with Gasteiger partial charge in [-0.3, -0.25) is 4.90 Å². The number of alkyl halides is 1. The smallest absolute Gasteiger partial charge is 0.410 e. The summed E-state index contributed by atoms with van der Waals surface area (Å²) in [5.41, 5.74) is 0.113. The molecule has 0 spiro atoms. The average Bonchev–Trinajstić information content (AvgIpc) is 3.38. The Morgan fingerprint density at radius 3 is 2.79 bits per heavy atom. The predicted octanol–water partition coefficient (Wildman–Crippen LogP) is 5.16. The number of hydrogen-bond donors (Lipinski definition) is 0. The van der Waals surface area contributed by atoms with Gasteiger partial charge in [-0.25, -0.2) is 9.18 Å². The number of anilines is 1. The Balaban J connectivity index is 1.51. The minimum Gasteiger partial charge on any atom is -0.467 e. The van der Waals surface area contributed by atoms with Crippen molar-refractivity contribution in [3.05, 3.63) is 23.2 Å². The molecule has 2 aromatic rings. The second-order valence-electron chi connectivity index (χ2n) is 9.63. The maximum absolute atomic E-state index is 15.7. The van der Waals surface area contributed by atoms with Crippen molar-refractivity contribution in [1.82, 2.24) is 15.1 Å². The standard InChI is InChI=1S/C23H30ClFN4O4S/c1-23(2,3)33-22(30)29-14-7-9-16(29)19(25)17(11-14)28(4)21-27-26-20(34-21)15-8-6-13(24)10-18(15)32-12-31-5/h6,8,10,14,16-17,19H,7,9,11-12H2,1-5H3/t14-,16+,17-,19+/m0/s1. The number of benzene rings is 1. The first kappa shape index (κ1) is 24.9. The van der Waals surface area contributed by atoms with Crippen molar-refractivity contribution in [2.45, 2.75) is 69.9 Å². The molecule has 0 unspecified atom stereocenters. The second kappa shape index (κ2) is 9.83. The SMILES string of the molecule is COCOc1cc(Cl)ccc1-c1nnc(N(C)[C@H]2C[C@@H]3CC[C@H]([C@H]2F)N3C(=O)OC(C)(C)C)s1. The lowest BCUT2D eigenvalue weighted by Crippen LogP contribution is -2.59. The third-order valence-corrected chi connectivity index (χ3v) is 7.40. The first-order chi connectivity index (χ1) is 16.1. The lowest BCUT2D eigenvalue weighted by Gasteiger charge is -2.44. The maximum Gasteiger partial charge on any atom is 0.410 e. The summed E-state index contributed by atoms with van der Waals surface area (Å²) in [7, 11) is 3.37. The molecule has 2 aliphatic heterocycles. The molecule has 4 atom stereocenters. The number of fused-ring (bicyclic) bond motifs is 2. The van der Waals surface area contributed by atoms with Crippen LogP contribution in [0.3, 0.4) is 0 Å². The number of aromatic nitrogens is 2. The van der Waals surface area contributed by atoms with Crippen LogP contribution in [0.5, 0.6) is 5.75 Å². The number of nitrogens with zero attached hydrogens (tertiary/aromatic N) is 4. The summed E-state index contributed by atoms with van der Waals surface area (Å²) in [6.45, 7) is 5.53. The van der Waals surface area contributed by atoms with Gasteiger partial charge in [-0.2, -0.15) is 0 Å². The Labute approximate surface area is 207 Å². The van der Waals surface area contributed by atoms with Gasteiger partial charge >= 0.3 is 6.09 Å². The fourth-order valence-corrected chi connectivity index (χ4v) is 5.67. The minimum absolute atomic E-state index is 0.0583. The molecule has 8 nitrogen and oxygen atoms in total. The van der Waals surface area contributed by atoms with Crippen molar-refractivity contribution in [2.24, 2.45) is 0 Å². The fraction of sp³-hybridized carbons (Fsp3) is 0.609. The summed E-state index contributed by atoms with van der Waals surface area (Å²) in [5.74, 6) is 0.534. The van der Waals surface area contributed by atoms with Crippen molar-refractivity contribution in [2.75, 3.05) is 25.9 Å². The van der Waals surface area contributed by atoms with E-state index in [9.17, 15) is 4.79 Å². The lowest BCUT2D eigenvalue weighted by molar-refractivity contribution is -0.0103. The molecule has 0 radical (unpaired) electrons. The van der Waals surface area contributed by atoms with Crippen LogP contribution in [0.2, 0.25) is 5.02 Å². The molecular weight excluding hydrogens is 483 g/mol. The minimum atomic E-state index is -1.22. The van der Waals surface area contributed by atoms with Gasteiger partial charge in [0.1, 0.15) is 17.5 Å². The van der Waals surface area contributed by atoms with Crippen LogP contribution in [0.1, 0.15) is 40.0 Å². The zero-order valence-corrected chi connectivity index (χ0v) is 21.5. The third kappa shape index (κ3) is 5.08. The van der Waals surface area contributed by atoms with Crippen LogP contribution in [-0.4, -0.2) is 72.0 Å². The number of halogens is 2. The van der Waals surface area contributed by atoms with Crippen LogP contribution in [0.15, 0.2) is 18.2 Å². The van der Waals surface area contributed by atoms with Gasteiger partial charge < -0.3 is 19.1 Å². The molecular formula is C23H30ClFN4O4S. The quantitative estimate of drug-likeness (QED) is 0.495. The van der Waals surface area contributed by atoms with E-state index in [1.54, 1.807) is 17.0 Å². The number of carbonyl (C=O) groups is 1. The molecule has 1 aromatic carbocycles. The second-order valence-corrected chi connectivity index (χ2v) is 11.0. The Morgan fingerprint density at radius 2 is 2.09 bits per heavy atom. The summed E-state index contributed by atoms with van der Waals surface area (Å²) in [4.78, 5) is 16.2. The number of methoxy groups -OCH3 is 1. The first-order valence-corrected chi connectivity index (χ1v) is 12.4. The van der Waals surface area contributed by atoms with Crippen molar-refractivity contribution < 1.29 is 23.4 Å². The van der Waals surface area contributed by atoms with Gasteiger partial charge in [0.2, 0.25) is 5.13 Å². The fourth-order valence-electron chi connectivity index (χ4n) is 4.62. The van der Waals surface area contributed by atoms with Gasteiger partial charge in [0, 0.05) is 25.2 Å². The topological polar surface area (TPSA) is 77.0 Å². The van der Waals surface area contributed by atoms with E-state index in [-0.39, 0.29) is 12.8 Å². The summed E-state index contributed by atoms with van der Waals surface area (Å²) >= 11 is 7.47. The number of amides is 1. The number of rotatable bonds is 6. The molecule has 11 heteroatoms. The van der Waals surface area contributed by atoms with Gasteiger partial charge in [0.15, 0.2) is 11.8 Å². The van der Waals surface area contributed by atoms with E-state index in [0.717, 1.165) is 12.0 Å². The van der Waals surface area contributed by atoms with Crippen LogP contribution < -0.4 is 9.64 Å². The first-order valence-electron chi connectivity index (χ1n) is 11.2. The van der Waals surface area contributed by atoms with Crippen molar-refractivity contribution in [3.8, 4) is 16.3 Å². The molecule has 4 rings (SSSR count). The number of ether oxygens (including phenoxy) is 3. The third-order valence-electron chi connectivity index (χ3n) is 6.12. The predicted molar refractivity (Wildman–Crippen MR) is 129 cm³/mol. The van der Waals surface area contributed by atoms with E-state index in [2.05, 4.69) is 10.2 Å². The summed E-state index contributed by atoms with van der Waals surface area (Å²) in [5, 5.41) is 10.4. The Kier molecular flexibility index (Phi) is 7.21. The Bertz CT molecular complexity index is 1030. The van der Waals surface area contributed by atoms with E-state index in [1.165, 1.54) is 18.4 Å². The van der Waals surface area contributed by atoms with E-state index in [0.29, 0.717) is 33.8 Å². The highest BCUT2D eigenvalue weighted by Gasteiger charge is 2.52. The van der Waals surface area contributed by atoms with Gasteiger partial charge in [0.25, 0.3) is 0 Å². The molecule has 34 heavy (non-hydrogen) atoms. The maximum atomic E-state index is 15.7. The molecule has 2 bridgehead atoms. The van der Waals surface area contributed by atoms with Crippen LogP contribution in [0.4, 0.5) is 14.3 Å².